The molecule has 1 aromatic heterocycles. The monoisotopic (exact) mass is 252 g/mol. The first-order valence-electron chi connectivity index (χ1n) is 5.21. The Morgan fingerprint density at radius 2 is 2.24 bits per heavy atom. The van der Waals surface area contributed by atoms with Gasteiger partial charge in [0.05, 0.1) is 25.8 Å². The Morgan fingerprint density at radius 1 is 1.47 bits per heavy atom. The van der Waals surface area contributed by atoms with E-state index in [-0.39, 0.29) is 12.2 Å². The van der Waals surface area contributed by atoms with Crippen molar-refractivity contribution in [2.45, 2.75) is 25.6 Å². The number of rotatable bonds is 7. The fourth-order valence-corrected chi connectivity index (χ4v) is 1.18. The molecule has 0 amide bonds. The summed E-state index contributed by atoms with van der Waals surface area (Å²) in [6.07, 6.45) is -3.89. The summed E-state index contributed by atoms with van der Waals surface area (Å²) in [5, 5.41) is 2.98. The highest BCUT2D eigenvalue weighted by Gasteiger charge is 2.27. The molecule has 1 rings (SSSR count). The number of alkyl halides is 3. The zero-order valence-electron chi connectivity index (χ0n) is 9.51. The third-order valence-corrected chi connectivity index (χ3v) is 2.02. The highest BCUT2D eigenvalue weighted by Crippen LogP contribution is 2.22. The summed E-state index contributed by atoms with van der Waals surface area (Å²) in [5.74, 6) is 0.643. The molecule has 1 heterocycles. The highest BCUT2D eigenvalue weighted by atomic mass is 19.4. The predicted octanol–water partition coefficient (Wildman–Crippen LogP) is 1.91. The lowest BCUT2D eigenvalue weighted by Gasteiger charge is -2.03. The van der Waals surface area contributed by atoms with Gasteiger partial charge in [-0.25, -0.2) is 4.98 Å². The van der Waals surface area contributed by atoms with E-state index in [0.717, 1.165) is 0 Å². The van der Waals surface area contributed by atoms with Gasteiger partial charge in [-0.15, -0.1) is 0 Å². The van der Waals surface area contributed by atoms with Crippen molar-refractivity contribution < 1.29 is 22.3 Å². The molecular weight excluding hydrogens is 237 g/mol. The van der Waals surface area contributed by atoms with E-state index in [1.54, 1.807) is 7.11 Å². The van der Waals surface area contributed by atoms with Crippen LogP contribution in [-0.4, -0.2) is 31.4 Å². The van der Waals surface area contributed by atoms with Crippen LogP contribution in [0.5, 0.6) is 0 Å². The summed E-state index contributed by atoms with van der Waals surface area (Å²) in [6, 6.07) is 0. The van der Waals surface area contributed by atoms with Gasteiger partial charge in [0.15, 0.2) is 0 Å². The van der Waals surface area contributed by atoms with Gasteiger partial charge < -0.3 is 14.5 Å². The van der Waals surface area contributed by atoms with E-state index in [2.05, 4.69) is 10.3 Å². The second-order valence-electron chi connectivity index (χ2n) is 3.51. The molecule has 0 bridgehead atoms. The van der Waals surface area contributed by atoms with Crippen LogP contribution < -0.4 is 5.32 Å². The molecule has 0 atom stereocenters. The number of aromatic nitrogens is 1. The molecule has 98 valence electrons. The van der Waals surface area contributed by atoms with Crippen LogP contribution in [-0.2, 0) is 17.7 Å². The minimum atomic E-state index is -4.16. The first-order valence-corrected chi connectivity index (χ1v) is 5.21. The van der Waals surface area contributed by atoms with E-state index in [9.17, 15) is 13.2 Å². The molecule has 0 aliphatic carbocycles. The zero-order valence-corrected chi connectivity index (χ0v) is 9.51. The van der Waals surface area contributed by atoms with Gasteiger partial charge in [0.2, 0.25) is 5.89 Å². The van der Waals surface area contributed by atoms with Crippen molar-refractivity contribution in [3.63, 3.8) is 0 Å². The molecule has 0 fully saturated rings. The first kappa shape index (κ1) is 14.0. The van der Waals surface area contributed by atoms with Crippen LogP contribution in [0.2, 0.25) is 0 Å². The van der Waals surface area contributed by atoms with Gasteiger partial charge >= 0.3 is 6.18 Å². The summed E-state index contributed by atoms with van der Waals surface area (Å²) in [4.78, 5) is 3.88. The summed E-state index contributed by atoms with van der Waals surface area (Å²) in [7, 11) is 1.59. The quantitative estimate of drug-likeness (QED) is 0.753. The maximum atomic E-state index is 11.9. The van der Waals surface area contributed by atoms with Crippen LogP contribution in [0.15, 0.2) is 10.6 Å². The standard InChI is InChI=1S/C10H15F3N2O2/c1-16-5-4-14-7-9-15-6-8(17-9)2-3-10(11,12)13/h6,14H,2-5,7H2,1H3. The number of oxazole rings is 1. The Bertz CT molecular complexity index is 326. The average Bonchev–Trinajstić information content (AvgIpc) is 2.69. The average molecular weight is 252 g/mol. The van der Waals surface area contributed by atoms with Gasteiger partial charge in [0.1, 0.15) is 5.76 Å². The van der Waals surface area contributed by atoms with Gasteiger partial charge in [-0.3, -0.25) is 0 Å². The van der Waals surface area contributed by atoms with Crippen molar-refractivity contribution in [2.75, 3.05) is 20.3 Å². The van der Waals surface area contributed by atoms with E-state index in [4.69, 9.17) is 9.15 Å². The molecule has 0 radical (unpaired) electrons. The number of ether oxygens (including phenoxy) is 1. The van der Waals surface area contributed by atoms with Crippen molar-refractivity contribution in [1.29, 1.82) is 0 Å². The van der Waals surface area contributed by atoms with Gasteiger partial charge in [-0.05, 0) is 0 Å². The van der Waals surface area contributed by atoms with Crippen LogP contribution >= 0.6 is 0 Å². The summed E-state index contributed by atoms with van der Waals surface area (Å²) < 4.78 is 45.8. The normalized spacial score (nSPS) is 12.0. The van der Waals surface area contributed by atoms with E-state index < -0.39 is 12.6 Å². The molecule has 4 nitrogen and oxygen atoms in total. The van der Waals surface area contributed by atoms with Gasteiger partial charge in [0.25, 0.3) is 0 Å². The van der Waals surface area contributed by atoms with Crippen molar-refractivity contribution in [3.8, 4) is 0 Å². The second-order valence-corrected chi connectivity index (χ2v) is 3.51. The Labute approximate surface area is 97.2 Å². The molecule has 17 heavy (non-hydrogen) atoms. The Balaban J connectivity index is 2.28. The smallest absolute Gasteiger partial charge is 0.389 e. The maximum absolute atomic E-state index is 11.9. The highest BCUT2D eigenvalue weighted by molar-refractivity contribution is 4.94. The largest absolute Gasteiger partial charge is 0.444 e. The molecule has 7 heteroatoms. The third-order valence-electron chi connectivity index (χ3n) is 2.02. The van der Waals surface area contributed by atoms with Gasteiger partial charge in [-0.1, -0.05) is 0 Å². The third kappa shape index (κ3) is 6.28. The van der Waals surface area contributed by atoms with E-state index in [0.29, 0.717) is 25.6 Å². The van der Waals surface area contributed by atoms with Crippen LogP contribution in [0, 0.1) is 0 Å². The molecule has 1 N–H and O–H groups in total. The molecule has 0 aromatic carbocycles. The number of nitrogens with zero attached hydrogens (tertiary/aromatic N) is 1. The number of aryl methyl sites for hydroxylation is 1. The van der Waals surface area contributed by atoms with E-state index in [1.165, 1.54) is 6.20 Å². The molecule has 0 saturated carbocycles. The van der Waals surface area contributed by atoms with Crippen LogP contribution in [0.3, 0.4) is 0 Å². The second kappa shape index (κ2) is 6.61. The molecule has 1 aromatic rings. The lowest BCUT2D eigenvalue weighted by atomic mass is 10.2. The minimum absolute atomic E-state index is 0.172. The molecule has 0 aliphatic rings. The maximum Gasteiger partial charge on any atom is 0.389 e. The van der Waals surface area contributed by atoms with Crippen molar-refractivity contribution >= 4 is 0 Å². The Hall–Kier alpha value is -1.08. The van der Waals surface area contributed by atoms with Crippen LogP contribution in [0.25, 0.3) is 0 Å². The SMILES string of the molecule is COCCNCc1ncc(CCC(F)(F)F)o1. The topological polar surface area (TPSA) is 47.3 Å². The van der Waals surface area contributed by atoms with E-state index in [1.807, 2.05) is 0 Å². The van der Waals surface area contributed by atoms with Gasteiger partial charge in [0, 0.05) is 20.1 Å². The molecule has 0 spiro atoms. The van der Waals surface area contributed by atoms with Crippen LogP contribution in [0.1, 0.15) is 18.1 Å². The zero-order chi connectivity index (χ0) is 12.7. The summed E-state index contributed by atoms with van der Waals surface area (Å²) in [5.41, 5.74) is 0. The summed E-state index contributed by atoms with van der Waals surface area (Å²) >= 11 is 0. The molecule has 0 aliphatic heterocycles. The summed E-state index contributed by atoms with van der Waals surface area (Å²) in [6.45, 7) is 1.58. The molecule has 0 saturated heterocycles. The van der Waals surface area contributed by atoms with Crippen LogP contribution in [0.4, 0.5) is 13.2 Å². The number of hydrogen-bond acceptors (Lipinski definition) is 4. The lowest BCUT2D eigenvalue weighted by Crippen LogP contribution is -2.18. The first-order chi connectivity index (χ1) is 8.01. The van der Waals surface area contributed by atoms with Gasteiger partial charge in [-0.2, -0.15) is 13.2 Å². The van der Waals surface area contributed by atoms with E-state index >= 15 is 0 Å². The molecule has 0 unspecified atom stereocenters. The van der Waals surface area contributed by atoms with Crippen molar-refractivity contribution in [2.24, 2.45) is 0 Å². The number of hydrogen-bond donors (Lipinski definition) is 1. The van der Waals surface area contributed by atoms with Crippen molar-refractivity contribution in [3.05, 3.63) is 17.8 Å². The number of nitrogens with one attached hydrogen (secondary N) is 1. The fraction of sp³-hybridized carbons (Fsp3) is 0.700. The predicted molar refractivity (Wildman–Crippen MR) is 54.5 cm³/mol. The number of methoxy groups -OCH3 is 1. The fourth-order valence-electron chi connectivity index (χ4n) is 1.18. The lowest BCUT2D eigenvalue weighted by molar-refractivity contribution is -0.134. The minimum Gasteiger partial charge on any atom is -0.444 e. The number of halogens is 3. The molecular formula is C10H15F3N2O2. The Morgan fingerprint density at radius 3 is 2.88 bits per heavy atom. The Kier molecular flexibility index (Phi) is 5.43. The van der Waals surface area contributed by atoms with Crippen molar-refractivity contribution in [1.82, 2.24) is 10.3 Å².